The quantitative estimate of drug-likeness (QED) is 0.522. The van der Waals surface area contributed by atoms with E-state index in [9.17, 15) is 31.1 Å². The number of aromatic nitrogens is 4. The van der Waals surface area contributed by atoms with Crippen LogP contribution in [0.2, 0.25) is 5.15 Å². The van der Waals surface area contributed by atoms with E-state index in [1.807, 2.05) is 0 Å². The Morgan fingerprint density at radius 3 is 2.40 bits per heavy atom. The fourth-order valence-electron chi connectivity index (χ4n) is 2.97. The highest BCUT2D eigenvalue weighted by molar-refractivity contribution is 7.16. The van der Waals surface area contributed by atoms with Gasteiger partial charge in [0.1, 0.15) is 10.4 Å². The molecule has 0 spiro atoms. The Hall–Kier alpha value is -2.61. The number of anilines is 2. The molecule has 3 aromatic heterocycles. The summed E-state index contributed by atoms with van der Waals surface area (Å²) in [5.74, 6) is 0. The normalized spacial score (nSPS) is 16.0. The molecule has 7 nitrogen and oxygen atoms in total. The third-order valence-electron chi connectivity index (χ3n) is 4.43. The van der Waals surface area contributed by atoms with Gasteiger partial charge in [0.2, 0.25) is 0 Å². The monoisotopic (exact) mass is 470 g/mol. The first kappa shape index (κ1) is 20.7. The molecule has 160 valence electrons. The van der Waals surface area contributed by atoms with Gasteiger partial charge in [0.05, 0.1) is 23.8 Å². The molecule has 0 aromatic carbocycles. The maximum Gasteiger partial charge on any atom is 0.443 e. The number of thiazole rings is 1. The number of fused-ring (bicyclic) bond motifs is 1. The zero-order valence-corrected chi connectivity index (χ0v) is 16.0. The number of carbonyl (C=O) groups excluding carboxylic acids is 1. The first-order chi connectivity index (χ1) is 13.9. The van der Waals surface area contributed by atoms with E-state index >= 15 is 0 Å². The minimum Gasteiger partial charge on any atom is -0.305 e. The molecule has 0 saturated heterocycles. The van der Waals surface area contributed by atoms with Crippen LogP contribution in [0.15, 0.2) is 18.5 Å². The molecule has 2 amide bonds. The van der Waals surface area contributed by atoms with E-state index in [1.165, 1.54) is 6.07 Å². The minimum atomic E-state index is -4.69. The van der Waals surface area contributed by atoms with Crippen LogP contribution in [0.5, 0.6) is 0 Å². The number of hydrogen-bond acceptors (Lipinski definition) is 5. The summed E-state index contributed by atoms with van der Waals surface area (Å²) in [6.07, 6.45) is -7.97. The van der Waals surface area contributed by atoms with E-state index in [0.717, 1.165) is 16.9 Å². The molecule has 1 aliphatic carbocycles. The van der Waals surface area contributed by atoms with Gasteiger partial charge in [0, 0.05) is 6.07 Å². The van der Waals surface area contributed by atoms with Gasteiger partial charge in [-0.1, -0.05) is 22.9 Å². The molecule has 0 radical (unpaired) electrons. The van der Waals surface area contributed by atoms with E-state index in [-0.39, 0.29) is 51.4 Å². The number of nitrogens with one attached hydrogen (secondary N) is 2. The number of carbonyl (C=O) groups is 1. The maximum atomic E-state index is 13.8. The highest BCUT2D eigenvalue weighted by Gasteiger charge is 2.66. The van der Waals surface area contributed by atoms with Crippen LogP contribution in [0.25, 0.3) is 5.65 Å². The second-order valence-corrected chi connectivity index (χ2v) is 7.86. The molecule has 30 heavy (non-hydrogen) atoms. The Labute approximate surface area is 172 Å². The molecule has 0 unspecified atom stereocenters. The summed E-state index contributed by atoms with van der Waals surface area (Å²) in [7, 11) is 0. The van der Waals surface area contributed by atoms with Gasteiger partial charge in [0.25, 0.3) is 0 Å². The number of halogens is 7. The van der Waals surface area contributed by atoms with E-state index < -0.39 is 28.8 Å². The predicted molar refractivity (Wildman–Crippen MR) is 94.7 cm³/mol. The molecule has 1 aliphatic rings. The molecule has 0 bridgehead atoms. The lowest BCUT2D eigenvalue weighted by molar-refractivity contribution is -0.161. The number of urea groups is 1. The van der Waals surface area contributed by atoms with Crippen LogP contribution >= 0.6 is 22.9 Å². The molecule has 1 fully saturated rings. The number of nitrogens with zero attached hydrogens (tertiary/aromatic N) is 4. The maximum absolute atomic E-state index is 13.8. The van der Waals surface area contributed by atoms with Gasteiger partial charge in [0.15, 0.2) is 15.8 Å². The Morgan fingerprint density at radius 1 is 1.13 bits per heavy atom. The van der Waals surface area contributed by atoms with Crippen LogP contribution in [0.4, 0.5) is 41.8 Å². The lowest BCUT2D eigenvalue weighted by atomic mass is 10.00. The zero-order valence-electron chi connectivity index (χ0n) is 14.4. The molecule has 1 saturated carbocycles. The SMILES string of the molecule is O=C(Nc1cnc(C(F)(F)F)s1)Nc1cnc2cc(Cl)nn2c1C1(C(F)(F)F)CC1. The highest BCUT2D eigenvalue weighted by atomic mass is 35.5. The minimum absolute atomic E-state index is 0.0498. The van der Waals surface area contributed by atoms with Gasteiger partial charge in [-0.3, -0.25) is 5.32 Å². The predicted octanol–water partition coefficient (Wildman–Crippen LogP) is 5.10. The van der Waals surface area contributed by atoms with E-state index in [4.69, 9.17) is 11.6 Å². The number of hydrogen-bond donors (Lipinski definition) is 2. The van der Waals surface area contributed by atoms with Crippen LogP contribution in [0, 0.1) is 0 Å². The largest absolute Gasteiger partial charge is 0.443 e. The Morgan fingerprint density at radius 2 is 1.83 bits per heavy atom. The molecule has 4 rings (SSSR count). The zero-order chi connectivity index (χ0) is 21.9. The van der Waals surface area contributed by atoms with Crippen molar-refractivity contribution >= 4 is 45.3 Å². The van der Waals surface area contributed by atoms with Gasteiger partial charge < -0.3 is 5.32 Å². The lowest BCUT2D eigenvalue weighted by Crippen LogP contribution is -2.33. The van der Waals surface area contributed by atoms with Crippen molar-refractivity contribution in [3.63, 3.8) is 0 Å². The van der Waals surface area contributed by atoms with Crippen LogP contribution < -0.4 is 10.6 Å². The molecule has 2 N–H and O–H groups in total. The van der Waals surface area contributed by atoms with Crippen molar-refractivity contribution in [1.82, 2.24) is 19.6 Å². The Bertz CT molecular complexity index is 1140. The van der Waals surface area contributed by atoms with E-state index in [1.54, 1.807) is 0 Å². The van der Waals surface area contributed by atoms with E-state index in [2.05, 4.69) is 25.7 Å². The Kier molecular flexibility index (Phi) is 4.61. The molecule has 0 atom stereocenters. The van der Waals surface area contributed by atoms with Crippen molar-refractivity contribution in [1.29, 1.82) is 0 Å². The van der Waals surface area contributed by atoms with Crippen molar-refractivity contribution in [2.45, 2.75) is 30.6 Å². The summed E-state index contributed by atoms with van der Waals surface area (Å²) in [5.41, 5.74) is -2.86. The summed E-state index contributed by atoms with van der Waals surface area (Å²) in [4.78, 5) is 19.3. The van der Waals surface area contributed by atoms with Gasteiger partial charge in [-0.2, -0.15) is 31.4 Å². The standard InChI is InChI=1S/C15H9ClF6N6OS/c16-7-3-8-23-4-6(10(28(8)27-7)13(1-2-13)15(20,21)22)25-12(29)26-9-5-24-11(30-9)14(17,18)19/h3-5H,1-2H2,(H2,25,26,29). The first-order valence-electron chi connectivity index (χ1n) is 8.13. The molecular formula is C15H9ClF6N6OS. The summed E-state index contributed by atoms with van der Waals surface area (Å²) >= 11 is 5.97. The van der Waals surface area contributed by atoms with E-state index in [0.29, 0.717) is 0 Å². The van der Waals surface area contributed by atoms with Gasteiger partial charge in [-0.05, 0) is 12.8 Å². The second-order valence-electron chi connectivity index (χ2n) is 6.44. The second kappa shape index (κ2) is 6.70. The van der Waals surface area contributed by atoms with Gasteiger partial charge in [-0.15, -0.1) is 0 Å². The average Bonchev–Trinajstić information content (AvgIpc) is 3.13. The fraction of sp³-hybridized carbons (Fsp3) is 0.333. The molecule has 15 heteroatoms. The summed E-state index contributed by atoms with van der Waals surface area (Å²) in [6.45, 7) is 0. The summed E-state index contributed by atoms with van der Waals surface area (Å²) in [6, 6.07) is 0.197. The van der Waals surface area contributed by atoms with Crippen molar-refractivity contribution in [3.05, 3.63) is 34.3 Å². The smallest absolute Gasteiger partial charge is 0.305 e. The first-order valence-corrected chi connectivity index (χ1v) is 9.33. The van der Waals surface area contributed by atoms with Crippen molar-refractivity contribution in [2.75, 3.05) is 10.6 Å². The van der Waals surface area contributed by atoms with Crippen LogP contribution in [0.3, 0.4) is 0 Å². The van der Waals surface area contributed by atoms with Crippen LogP contribution in [0.1, 0.15) is 23.5 Å². The number of alkyl halides is 6. The third kappa shape index (κ3) is 3.53. The highest BCUT2D eigenvalue weighted by Crippen LogP contribution is 2.60. The van der Waals surface area contributed by atoms with Crippen LogP contribution in [-0.4, -0.2) is 31.8 Å². The fourth-order valence-corrected chi connectivity index (χ4v) is 3.82. The van der Waals surface area contributed by atoms with Gasteiger partial charge >= 0.3 is 18.4 Å². The topological polar surface area (TPSA) is 84.2 Å². The third-order valence-corrected chi connectivity index (χ3v) is 5.57. The van der Waals surface area contributed by atoms with Crippen molar-refractivity contribution in [3.8, 4) is 0 Å². The number of rotatable bonds is 3. The summed E-state index contributed by atoms with van der Waals surface area (Å²) in [5, 5.41) is 6.64. The molecule has 3 aromatic rings. The molecular weight excluding hydrogens is 462 g/mol. The Balaban J connectivity index is 1.67. The van der Waals surface area contributed by atoms with Crippen LogP contribution in [-0.2, 0) is 11.6 Å². The molecule has 3 heterocycles. The number of amides is 2. The lowest BCUT2D eigenvalue weighted by Gasteiger charge is -2.23. The summed E-state index contributed by atoms with van der Waals surface area (Å²) < 4.78 is 80.1. The van der Waals surface area contributed by atoms with Gasteiger partial charge in [-0.25, -0.2) is 19.3 Å². The van der Waals surface area contributed by atoms with Crippen molar-refractivity contribution in [2.24, 2.45) is 0 Å². The average molecular weight is 471 g/mol. The van der Waals surface area contributed by atoms with Crippen molar-refractivity contribution < 1.29 is 31.1 Å². The molecule has 0 aliphatic heterocycles.